The normalized spacial score (nSPS) is 20.4. The van der Waals surface area contributed by atoms with Crippen LogP contribution >= 0.6 is 0 Å². The third-order valence-corrected chi connectivity index (χ3v) is 7.52. The molecule has 37 heavy (non-hydrogen) atoms. The fraction of sp³-hybridized carbons (Fsp3) is 0.577. The molecule has 194 valence electrons. The summed E-state index contributed by atoms with van der Waals surface area (Å²) < 4.78 is 9.53. The summed E-state index contributed by atoms with van der Waals surface area (Å²) in [6.07, 6.45) is 11.8. The van der Waals surface area contributed by atoms with Crippen LogP contribution in [0.3, 0.4) is 0 Å². The van der Waals surface area contributed by atoms with Crippen LogP contribution in [0.25, 0.3) is 16.2 Å². The number of aliphatic carboxylic acids is 1. The van der Waals surface area contributed by atoms with Crippen LogP contribution in [-0.4, -0.2) is 52.2 Å². The van der Waals surface area contributed by atoms with Gasteiger partial charge in [0, 0.05) is 13.2 Å². The highest BCUT2D eigenvalue weighted by atomic mass is 16.5. The Balaban J connectivity index is 1.31. The van der Waals surface area contributed by atoms with Crippen LogP contribution in [0.15, 0.2) is 18.3 Å². The molecule has 5 rings (SSSR count). The lowest BCUT2D eigenvalue weighted by Gasteiger charge is -2.27. The Labute approximate surface area is 215 Å². The topological polar surface area (TPSA) is 125 Å². The lowest BCUT2D eigenvalue weighted by Crippen LogP contribution is -2.29. The van der Waals surface area contributed by atoms with Gasteiger partial charge in [-0.25, -0.2) is 9.36 Å². The first-order chi connectivity index (χ1) is 18.0. The summed E-state index contributed by atoms with van der Waals surface area (Å²) in [4.78, 5) is 19.5. The molecule has 3 aromatic rings. The second kappa shape index (κ2) is 11.1. The monoisotopic (exact) mass is 504 g/mol. The molecule has 0 bridgehead atoms. The molecule has 0 saturated heterocycles. The zero-order valence-corrected chi connectivity index (χ0v) is 21.1. The summed E-state index contributed by atoms with van der Waals surface area (Å²) in [5.74, 6) is -0.0281. The van der Waals surface area contributed by atoms with Gasteiger partial charge in [0.05, 0.1) is 30.0 Å². The van der Waals surface area contributed by atoms with Gasteiger partial charge in [0.15, 0.2) is 11.4 Å². The Bertz CT molecular complexity index is 1290. The average Bonchev–Trinajstić information content (AvgIpc) is 3.51. The van der Waals surface area contributed by atoms with Crippen LogP contribution < -0.4 is 4.74 Å². The third kappa shape index (κ3) is 5.79. The summed E-state index contributed by atoms with van der Waals surface area (Å²) >= 11 is 0. The molecular weight excluding hydrogens is 472 g/mol. The standard InChI is InChI=1S/C26H32N8O3/c1-27-25-23(37-20-10-6-9-18(14-20)26(35)36)12-11-21(28-25)24-22(33(2)31-30-24)16-34-15-19(29-32-34)13-17-7-4-3-5-8-17/h11-12,15,17-18,20H,3-10,13-14,16H2,2H3,(H,35,36)/t18-,20-/m0/s1. The van der Waals surface area contributed by atoms with Crippen molar-refractivity contribution in [3.8, 4) is 17.1 Å². The summed E-state index contributed by atoms with van der Waals surface area (Å²) in [5, 5.41) is 26.6. The third-order valence-electron chi connectivity index (χ3n) is 7.52. The first-order valence-corrected chi connectivity index (χ1v) is 13.1. The lowest BCUT2D eigenvalue weighted by atomic mass is 9.86. The highest BCUT2D eigenvalue weighted by molar-refractivity contribution is 5.70. The predicted octanol–water partition coefficient (Wildman–Crippen LogP) is 4.21. The van der Waals surface area contributed by atoms with Crippen molar-refractivity contribution in [3.63, 3.8) is 0 Å². The first-order valence-electron chi connectivity index (χ1n) is 13.1. The number of aryl methyl sites for hydroxylation is 1. The van der Waals surface area contributed by atoms with Gasteiger partial charge in [0.2, 0.25) is 0 Å². The molecule has 0 radical (unpaired) electrons. The summed E-state index contributed by atoms with van der Waals surface area (Å²) in [5.41, 5.74) is 2.91. The van der Waals surface area contributed by atoms with Crippen molar-refractivity contribution in [3.05, 3.63) is 41.1 Å². The number of carbonyl (C=O) groups is 1. The van der Waals surface area contributed by atoms with Crippen LogP contribution in [0.2, 0.25) is 0 Å². The van der Waals surface area contributed by atoms with Gasteiger partial charge in [-0.05, 0) is 50.2 Å². The van der Waals surface area contributed by atoms with E-state index in [1.54, 1.807) is 21.5 Å². The van der Waals surface area contributed by atoms with Crippen LogP contribution in [0.5, 0.6) is 5.75 Å². The molecule has 1 N–H and O–H groups in total. The van der Waals surface area contributed by atoms with Crippen LogP contribution in [-0.2, 0) is 24.8 Å². The number of hydrogen-bond acceptors (Lipinski definition) is 7. The minimum atomic E-state index is -0.796. The van der Waals surface area contributed by atoms with Crippen molar-refractivity contribution in [2.45, 2.75) is 76.9 Å². The zero-order valence-electron chi connectivity index (χ0n) is 21.1. The van der Waals surface area contributed by atoms with Crippen LogP contribution in [0.4, 0.5) is 5.82 Å². The van der Waals surface area contributed by atoms with E-state index in [1.165, 1.54) is 32.1 Å². The van der Waals surface area contributed by atoms with E-state index in [1.807, 2.05) is 13.2 Å². The molecular formula is C26H32N8O3. The number of carboxylic acid groups (broad SMARTS) is 1. The van der Waals surface area contributed by atoms with Crippen LogP contribution in [0.1, 0.15) is 69.2 Å². The van der Waals surface area contributed by atoms with Gasteiger partial charge >= 0.3 is 11.8 Å². The second-order valence-electron chi connectivity index (χ2n) is 10.2. The molecule has 0 aromatic carbocycles. The lowest BCUT2D eigenvalue weighted by molar-refractivity contribution is -0.143. The maximum absolute atomic E-state index is 11.4. The van der Waals surface area contributed by atoms with Crippen molar-refractivity contribution in [1.29, 1.82) is 0 Å². The molecule has 11 heteroatoms. The zero-order chi connectivity index (χ0) is 25.8. The molecule has 11 nitrogen and oxygen atoms in total. The maximum atomic E-state index is 11.4. The number of carboxylic acids is 1. The van der Waals surface area contributed by atoms with Gasteiger partial charge < -0.3 is 14.7 Å². The number of rotatable bonds is 8. The molecule has 2 fully saturated rings. The summed E-state index contributed by atoms with van der Waals surface area (Å²) in [6, 6.07) is 3.49. The Morgan fingerprint density at radius 2 is 1.97 bits per heavy atom. The maximum Gasteiger partial charge on any atom is 0.312 e. The smallest absolute Gasteiger partial charge is 0.312 e. The van der Waals surface area contributed by atoms with Gasteiger partial charge in [0.1, 0.15) is 5.75 Å². The van der Waals surface area contributed by atoms with Gasteiger partial charge in [-0.3, -0.25) is 4.79 Å². The van der Waals surface area contributed by atoms with E-state index in [9.17, 15) is 9.90 Å². The molecule has 2 aliphatic carbocycles. The molecule has 2 saturated carbocycles. The highest BCUT2D eigenvalue weighted by Crippen LogP contribution is 2.34. The van der Waals surface area contributed by atoms with E-state index in [0.717, 1.165) is 30.7 Å². The molecule has 2 aliphatic rings. The van der Waals surface area contributed by atoms with Crippen molar-refractivity contribution in [1.82, 2.24) is 35.0 Å². The van der Waals surface area contributed by atoms with E-state index in [2.05, 4.69) is 30.5 Å². The van der Waals surface area contributed by atoms with Gasteiger partial charge in [-0.1, -0.05) is 49.1 Å². The van der Waals surface area contributed by atoms with E-state index < -0.39 is 11.9 Å². The van der Waals surface area contributed by atoms with Crippen molar-refractivity contribution < 1.29 is 14.6 Å². The molecule has 3 aromatic heterocycles. The van der Waals surface area contributed by atoms with Gasteiger partial charge in [-0.15, -0.1) is 15.2 Å². The highest BCUT2D eigenvalue weighted by Gasteiger charge is 2.29. The van der Waals surface area contributed by atoms with Crippen molar-refractivity contribution in [2.75, 3.05) is 0 Å². The number of pyridine rings is 1. The minimum absolute atomic E-state index is 0.127. The number of ether oxygens (including phenoxy) is 1. The number of aromatic nitrogens is 7. The fourth-order valence-corrected chi connectivity index (χ4v) is 5.50. The van der Waals surface area contributed by atoms with E-state index in [0.29, 0.717) is 42.4 Å². The summed E-state index contributed by atoms with van der Waals surface area (Å²) in [6.45, 7) is 8.07. The largest absolute Gasteiger partial charge is 0.500 e. The Kier molecular flexibility index (Phi) is 7.44. The predicted molar refractivity (Wildman–Crippen MR) is 134 cm³/mol. The van der Waals surface area contributed by atoms with E-state index >= 15 is 0 Å². The Morgan fingerprint density at radius 1 is 1.14 bits per heavy atom. The molecule has 0 amide bonds. The molecule has 0 aliphatic heterocycles. The van der Waals surface area contributed by atoms with Crippen molar-refractivity contribution >= 4 is 11.8 Å². The van der Waals surface area contributed by atoms with Crippen molar-refractivity contribution in [2.24, 2.45) is 18.9 Å². The Morgan fingerprint density at radius 3 is 2.76 bits per heavy atom. The molecule has 2 atom stereocenters. The van der Waals surface area contributed by atoms with E-state index in [4.69, 9.17) is 11.3 Å². The van der Waals surface area contributed by atoms with Crippen LogP contribution in [0, 0.1) is 18.4 Å². The van der Waals surface area contributed by atoms with Gasteiger partial charge in [0.25, 0.3) is 0 Å². The summed E-state index contributed by atoms with van der Waals surface area (Å²) in [7, 11) is 1.82. The van der Waals surface area contributed by atoms with E-state index in [-0.39, 0.29) is 11.9 Å². The number of nitrogens with zero attached hydrogens (tertiary/aromatic N) is 8. The molecule has 3 heterocycles. The molecule has 0 spiro atoms. The SMILES string of the molecule is [C-]#[N+]c1nc(-c2nnn(C)c2Cn2cc(CC3CCCCC3)nn2)ccc1O[C@H]1CCC[C@H](C(=O)O)C1. The quantitative estimate of drug-likeness (QED) is 0.452. The Hall–Kier alpha value is -3.81. The van der Waals surface area contributed by atoms with Gasteiger partial charge in [-0.2, -0.15) is 0 Å². The number of hydrogen-bond donors (Lipinski definition) is 1. The first kappa shape index (κ1) is 24.9. The molecule has 0 unspecified atom stereocenters. The fourth-order valence-electron chi connectivity index (χ4n) is 5.50. The second-order valence-corrected chi connectivity index (χ2v) is 10.2. The minimum Gasteiger partial charge on any atom is -0.500 e. The average molecular weight is 505 g/mol.